The number of nitrogens with zero attached hydrogens (tertiary/aromatic N) is 2. The van der Waals surface area contributed by atoms with Crippen molar-refractivity contribution in [2.75, 3.05) is 5.32 Å². The van der Waals surface area contributed by atoms with E-state index in [0.717, 1.165) is 34.0 Å². The van der Waals surface area contributed by atoms with Gasteiger partial charge in [-0.15, -0.1) is 0 Å². The van der Waals surface area contributed by atoms with E-state index in [1.165, 1.54) is 0 Å². The zero-order valence-corrected chi connectivity index (χ0v) is 17.0. The van der Waals surface area contributed by atoms with Gasteiger partial charge in [0.2, 0.25) is 0 Å². The molecule has 3 aromatic rings. The minimum absolute atomic E-state index is 0.0280. The Balaban J connectivity index is 1.77. The van der Waals surface area contributed by atoms with Crippen LogP contribution in [0, 0.1) is 18.3 Å². The van der Waals surface area contributed by atoms with E-state index >= 15 is 0 Å². The van der Waals surface area contributed by atoms with Gasteiger partial charge in [-0.3, -0.25) is 4.79 Å². The van der Waals surface area contributed by atoms with Crippen molar-refractivity contribution >= 4 is 11.6 Å². The van der Waals surface area contributed by atoms with Crippen molar-refractivity contribution in [2.24, 2.45) is 11.3 Å². The molecule has 1 aromatic heterocycles. The van der Waals surface area contributed by atoms with Gasteiger partial charge in [0, 0.05) is 23.6 Å². The van der Waals surface area contributed by atoms with E-state index in [-0.39, 0.29) is 17.3 Å². The van der Waals surface area contributed by atoms with Crippen LogP contribution in [0.3, 0.4) is 0 Å². The third-order valence-corrected chi connectivity index (χ3v) is 6.03. The Kier molecular flexibility index (Phi) is 3.98. The summed E-state index contributed by atoms with van der Waals surface area (Å²) in [6.45, 7) is 6.30. The molecule has 29 heavy (non-hydrogen) atoms. The number of ketones is 1. The van der Waals surface area contributed by atoms with Gasteiger partial charge in [-0.2, -0.15) is 5.10 Å². The minimum atomic E-state index is -0.190. The molecule has 0 saturated heterocycles. The van der Waals surface area contributed by atoms with Crippen molar-refractivity contribution in [3.8, 4) is 5.69 Å². The fourth-order valence-electron chi connectivity index (χ4n) is 4.88. The van der Waals surface area contributed by atoms with E-state index in [4.69, 9.17) is 5.10 Å². The number of rotatable bonds is 2. The SMILES string of the molecule is Cc1nn(-c2ccccc2)c2c1[C@@H](c1ccccc1)[C@H]1C(=O)CC(C)(C)C=C1N2. The standard InChI is InChI=1S/C25H25N3O/c1-16-21-22(17-10-6-4-7-11-17)23-19(14-25(2,3)15-20(23)29)26-24(21)28(27-16)18-12-8-5-9-13-18/h4-14,22-23,26H,15H2,1-3H3/t22-,23-/m1/s1. The average molecular weight is 383 g/mol. The molecule has 146 valence electrons. The second-order valence-electron chi connectivity index (χ2n) is 8.82. The van der Waals surface area contributed by atoms with E-state index in [2.05, 4.69) is 61.6 Å². The number of aryl methyl sites for hydroxylation is 1. The smallest absolute Gasteiger partial charge is 0.143 e. The number of Topliss-reactive ketones (excluding diaryl/α,β-unsaturated/α-hetero) is 1. The zero-order chi connectivity index (χ0) is 20.2. The lowest BCUT2D eigenvalue weighted by atomic mass is 9.67. The topological polar surface area (TPSA) is 46.9 Å². The maximum Gasteiger partial charge on any atom is 0.143 e. The van der Waals surface area contributed by atoms with Crippen LogP contribution in [0.5, 0.6) is 0 Å². The molecule has 4 heteroatoms. The average Bonchev–Trinajstić information content (AvgIpc) is 3.03. The molecule has 1 N–H and O–H groups in total. The molecule has 0 radical (unpaired) electrons. The van der Waals surface area contributed by atoms with Crippen molar-refractivity contribution < 1.29 is 4.79 Å². The normalized spacial score (nSPS) is 22.3. The Hall–Kier alpha value is -3.14. The van der Waals surface area contributed by atoms with Crippen LogP contribution in [-0.4, -0.2) is 15.6 Å². The molecule has 2 heterocycles. The summed E-state index contributed by atoms with van der Waals surface area (Å²) in [6.07, 6.45) is 2.81. The predicted octanol–water partition coefficient (Wildman–Crippen LogP) is 5.24. The second kappa shape index (κ2) is 6.45. The van der Waals surface area contributed by atoms with Gasteiger partial charge in [0.1, 0.15) is 11.6 Å². The Morgan fingerprint density at radius 3 is 2.34 bits per heavy atom. The molecule has 0 saturated carbocycles. The number of carbonyl (C=O) groups is 1. The monoisotopic (exact) mass is 383 g/mol. The van der Waals surface area contributed by atoms with Crippen LogP contribution in [0.2, 0.25) is 0 Å². The highest BCUT2D eigenvalue weighted by atomic mass is 16.1. The van der Waals surface area contributed by atoms with Crippen LogP contribution in [-0.2, 0) is 4.79 Å². The highest BCUT2D eigenvalue weighted by Crippen LogP contribution is 2.50. The Morgan fingerprint density at radius 1 is 1.00 bits per heavy atom. The fourth-order valence-corrected chi connectivity index (χ4v) is 4.88. The first-order chi connectivity index (χ1) is 13.9. The van der Waals surface area contributed by atoms with E-state index in [9.17, 15) is 4.79 Å². The molecule has 4 nitrogen and oxygen atoms in total. The molecule has 5 rings (SSSR count). The highest BCUT2D eigenvalue weighted by Gasteiger charge is 2.45. The number of hydrogen-bond donors (Lipinski definition) is 1. The van der Waals surface area contributed by atoms with Gasteiger partial charge in [0.15, 0.2) is 0 Å². The van der Waals surface area contributed by atoms with E-state index in [1.807, 2.05) is 35.9 Å². The quantitative estimate of drug-likeness (QED) is 0.658. The molecular weight excluding hydrogens is 358 g/mol. The molecule has 0 amide bonds. The first kappa shape index (κ1) is 17.9. The first-order valence-corrected chi connectivity index (χ1v) is 10.2. The summed E-state index contributed by atoms with van der Waals surface area (Å²) in [4.78, 5) is 13.3. The summed E-state index contributed by atoms with van der Waals surface area (Å²) in [7, 11) is 0. The van der Waals surface area contributed by atoms with Crippen molar-refractivity contribution in [1.82, 2.24) is 9.78 Å². The number of para-hydroxylation sites is 1. The third-order valence-electron chi connectivity index (χ3n) is 6.03. The van der Waals surface area contributed by atoms with Crippen LogP contribution >= 0.6 is 0 Å². The summed E-state index contributed by atoms with van der Waals surface area (Å²) >= 11 is 0. The van der Waals surface area contributed by atoms with Gasteiger partial charge in [0.05, 0.1) is 17.3 Å². The number of hydrogen-bond acceptors (Lipinski definition) is 3. The molecule has 1 aliphatic heterocycles. The van der Waals surface area contributed by atoms with Gasteiger partial charge >= 0.3 is 0 Å². The molecular formula is C25H25N3O. The number of nitrogens with one attached hydrogen (secondary N) is 1. The van der Waals surface area contributed by atoms with Crippen molar-refractivity contribution in [2.45, 2.75) is 33.1 Å². The van der Waals surface area contributed by atoms with Gasteiger partial charge in [-0.25, -0.2) is 4.68 Å². The summed E-state index contributed by atoms with van der Waals surface area (Å²) in [5, 5.41) is 8.49. The Morgan fingerprint density at radius 2 is 1.66 bits per heavy atom. The second-order valence-corrected chi connectivity index (χ2v) is 8.82. The van der Waals surface area contributed by atoms with Gasteiger partial charge < -0.3 is 5.32 Å². The lowest BCUT2D eigenvalue weighted by Gasteiger charge is -2.40. The molecule has 1 aliphatic carbocycles. The molecule has 2 aliphatic rings. The number of aromatic nitrogens is 2. The largest absolute Gasteiger partial charge is 0.343 e. The van der Waals surface area contributed by atoms with Crippen molar-refractivity contribution in [3.05, 3.63) is 89.3 Å². The highest BCUT2D eigenvalue weighted by molar-refractivity contribution is 5.90. The van der Waals surface area contributed by atoms with Crippen LogP contribution < -0.4 is 5.32 Å². The van der Waals surface area contributed by atoms with Crippen LogP contribution in [0.15, 0.2) is 72.4 Å². The summed E-state index contributed by atoms with van der Waals surface area (Å²) in [6, 6.07) is 20.5. The van der Waals surface area contributed by atoms with E-state index in [1.54, 1.807) is 0 Å². The number of benzene rings is 2. The van der Waals surface area contributed by atoms with E-state index in [0.29, 0.717) is 12.2 Å². The number of fused-ring (bicyclic) bond motifs is 2. The molecule has 2 atom stereocenters. The van der Waals surface area contributed by atoms with Crippen molar-refractivity contribution in [3.63, 3.8) is 0 Å². The molecule has 0 unspecified atom stereocenters. The summed E-state index contributed by atoms with van der Waals surface area (Å²) in [5.41, 5.74) is 5.11. The first-order valence-electron chi connectivity index (χ1n) is 10.2. The molecule has 2 aromatic carbocycles. The third kappa shape index (κ3) is 2.91. The lowest BCUT2D eigenvalue weighted by molar-refractivity contribution is -0.124. The minimum Gasteiger partial charge on any atom is -0.343 e. The van der Waals surface area contributed by atoms with Crippen LogP contribution in [0.25, 0.3) is 5.69 Å². The zero-order valence-electron chi connectivity index (χ0n) is 17.0. The van der Waals surface area contributed by atoms with Crippen LogP contribution in [0.4, 0.5) is 5.82 Å². The van der Waals surface area contributed by atoms with E-state index < -0.39 is 0 Å². The molecule has 0 fully saturated rings. The summed E-state index contributed by atoms with van der Waals surface area (Å²) < 4.78 is 1.98. The number of anilines is 1. The fraction of sp³-hybridized carbons (Fsp3) is 0.280. The Bertz CT molecular complexity index is 1110. The van der Waals surface area contributed by atoms with Gasteiger partial charge in [-0.05, 0) is 30.0 Å². The van der Waals surface area contributed by atoms with Gasteiger partial charge in [-0.1, -0.05) is 68.5 Å². The lowest BCUT2D eigenvalue weighted by Crippen LogP contribution is -2.39. The predicted molar refractivity (Wildman–Crippen MR) is 115 cm³/mol. The molecule has 0 bridgehead atoms. The maximum atomic E-state index is 13.3. The molecule has 0 spiro atoms. The maximum absolute atomic E-state index is 13.3. The van der Waals surface area contributed by atoms with Gasteiger partial charge in [0.25, 0.3) is 0 Å². The number of carbonyl (C=O) groups excluding carboxylic acids is 1. The van der Waals surface area contributed by atoms with Crippen molar-refractivity contribution in [1.29, 1.82) is 0 Å². The van der Waals surface area contributed by atoms with Crippen LogP contribution in [0.1, 0.15) is 43.0 Å². The Labute approximate surface area is 171 Å². The number of allylic oxidation sites excluding steroid dienone is 2. The summed E-state index contributed by atoms with van der Waals surface area (Å²) in [5.74, 6) is 1.05.